The van der Waals surface area contributed by atoms with Gasteiger partial charge in [-0.1, -0.05) is 36.4 Å². The van der Waals surface area contributed by atoms with Crippen LogP contribution in [-0.4, -0.2) is 4.98 Å². The molecule has 5 aromatic rings. The molecular weight excluding hydrogens is 330 g/mol. The van der Waals surface area contributed by atoms with Gasteiger partial charge in [-0.25, -0.2) is 4.98 Å². The summed E-state index contributed by atoms with van der Waals surface area (Å²) in [6, 6.07) is 18.8. The Hall–Kier alpha value is -3.13. The second kappa shape index (κ2) is 5.68. The van der Waals surface area contributed by atoms with Crippen molar-refractivity contribution < 1.29 is 4.42 Å². The van der Waals surface area contributed by atoms with E-state index in [1.807, 2.05) is 18.2 Å². The summed E-state index contributed by atoms with van der Waals surface area (Å²) in [5.41, 5.74) is 10.1. The van der Waals surface area contributed by atoms with Crippen molar-refractivity contribution in [3.05, 3.63) is 76.9 Å². The third kappa shape index (κ3) is 2.23. The minimum Gasteiger partial charge on any atom is -0.454 e. The first kappa shape index (κ1) is 16.1. The summed E-state index contributed by atoms with van der Waals surface area (Å²) in [5.74, 6) is 0. The molecule has 0 bridgehead atoms. The number of benzene rings is 3. The number of fused-ring (bicyclic) bond motifs is 5. The summed E-state index contributed by atoms with van der Waals surface area (Å²) in [5, 5.41) is 3.44. The van der Waals surface area contributed by atoms with E-state index in [1.54, 1.807) is 0 Å². The number of nitrogens with zero attached hydrogens (tertiary/aromatic N) is 1. The Bertz CT molecular complexity index is 1360. The summed E-state index contributed by atoms with van der Waals surface area (Å²) in [7, 11) is 0. The molecule has 2 aromatic heterocycles. The van der Waals surface area contributed by atoms with Crippen LogP contribution in [0.4, 0.5) is 0 Å². The SMILES string of the molecule is Cc1cc(-c2nc3ccccc3c3c2oc2ccccc23)c(C)c(C)c1C. The predicted octanol–water partition coefficient (Wildman–Crippen LogP) is 7.03. The van der Waals surface area contributed by atoms with Crippen LogP contribution in [0.5, 0.6) is 0 Å². The van der Waals surface area contributed by atoms with Gasteiger partial charge in [0.05, 0.1) is 5.52 Å². The number of aryl methyl sites for hydroxylation is 1. The second-order valence-corrected chi connectivity index (χ2v) is 7.40. The molecule has 0 fully saturated rings. The molecule has 0 aliphatic heterocycles. The Morgan fingerprint density at radius 3 is 2.26 bits per heavy atom. The third-order valence-corrected chi connectivity index (χ3v) is 5.95. The van der Waals surface area contributed by atoms with Crippen LogP contribution in [0.1, 0.15) is 22.3 Å². The van der Waals surface area contributed by atoms with E-state index in [1.165, 1.54) is 22.3 Å². The zero-order valence-corrected chi connectivity index (χ0v) is 16.1. The van der Waals surface area contributed by atoms with E-state index in [2.05, 4.69) is 64.1 Å². The lowest BCUT2D eigenvalue weighted by molar-refractivity contribution is 0.668. The highest BCUT2D eigenvalue weighted by Crippen LogP contribution is 2.40. The molecule has 0 aliphatic carbocycles. The number of pyridine rings is 1. The number of hydrogen-bond acceptors (Lipinski definition) is 2. The van der Waals surface area contributed by atoms with Gasteiger partial charge >= 0.3 is 0 Å². The Kier molecular flexibility index (Phi) is 3.38. The van der Waals surface area contributed by atoms with Crippen molar-refractivity contribution >= 4 is 32.8 Å². The fourth-order valence-corrected chi connectivity index (χ4v) is 4.07. The zero-order chi connectivity index (χ0) is 18.7. The Morgan fingerprint density at radius 2 is 1.44 bits per heavy atom. The number of furan rings is 1. The number of para-hydroxylation sites is 2. The minimum atomic E-state index is 0.876. The first-order valence-corrected chi connectivity index (χ1v) is 9.34. The Balaban J connectivity index is 2.02. The molecule has 2 heteroatoms. The summed E-state index contributed by atoms with van der Waals surface area (Å²) < 4.78 is 6.35. The van der Waals surface area contributed by atoms with Crippen LogP contribution < -0.4 is 0 Å². The topological polar surface area (TPSA) is 26.0 Å². The van der Waals surface area contributed by atoms with Crippen molar-refractivity contribution in [1.29, 1.82) is 0 Å². The van der Waals surface area contributed by atoms with Gasteiger partial charge in [0.1, 0.15) is 11.3 Å². The Morgan fingerprint density at radius 1 is 0.741 bits per heavy atom. The normalized spacial score (nSPS) is 11.7. The van der Waals surface area contributed by atoms with Gasteiger partial charge in [0.15, 0.2) is 5.58 Å². The largest absolute Gasteiger partial charge is 0.454 e. The quantitative estimate of drug-likeness (QED) is 0.324. The zero-order valence-electron chi connectivity index (χ0n) is 16.1. The van der Waals surface area contributed by atoms with Crippen molar-refractivity contribution in [3.8, 4) is 11.3 Å². The molecule has 0 saturated heterocycles. The van der Waals surface area contributed by atoms with Gasteiger partial charge in [-0.15, -0.1) is 0 Å². The molecule has 2 nitrogen and oxygen atoms in total. The van der Waals surface area contributed by atoms with Crippen LogP contribution >= 0.6 is 0 Å². The lowest BCUT2D eigenvalue weighted by Crippen LogP contribution is -1.97. The average molecular weight is 351 g/mol. The fourth-order valence-electron chi connectivity index (χ4n) is 4.07. The maximum absolute atomic E-state index is 6.35. The van der Waals surface area contributed by atoms with Crippen molar-refractivity contribution in [3.63, 3.8) is 0 Å². The highest BCUT2D eigenvalue weighted by Gasteiger charge is 2.19. The molecule has 0 N–H and O–H groups in total. The highest BCUT2D eigenvalue weighted by atomic mass is 16.3. The first-order chi connectivity index (χ1) is 13.1. The summed E-state index contributed by atoms with van der Waals surface area (Å²) >= 11 is 0. The number of aromatic nitrogens is 1. The molecule has 0 aliphatic rings. The molecule has 0 radical (unpaired) electrons. The Labute approximate surface area is 158 Å². The molecule has 27 heavy (non-hydrogen) atoms. The maximum atomic E-state index is 6.35. The molecule has 0 spiro atoms. The van der Waals surface area contributed by atoms with E-state index >= 15 is 0 Å². The maximum Gasteiger partial charge on any atom is 0.162 e. The van der Waals surface area contributed by atoms with Crippen molar-refractivity contribution in [2.45, 2.75) is 27.7 Å². The number of hydrogen-bond donors (Lipinski definition) is 0. The molecule has 132 valence electrons. The average Bonchev–Trinajstić information content (AvgIpc) is 3.08. The van der Waals surface area contributed by atoms with Crippen molar-refractivity contribution in [1.82, 2.24) is 4.98 Å². The predicted molar refractivity (Wildman–Crippen MR) is 113 cm³/mol. The second-order valence-electron chi connectivity index (χ2n) is 7.40. The van der Waals surface area contributed by atoms with Gasteiger partial charge in [0.25, 0.3) is 0 Å². The summed E-state index contributed by atoms with van der Waals surface area (Å²) in [6.07, 6.45) is 0. The monoisotopic (exact) mass is 351 g/mol. The number of rotatable bonds is 1. The van der Waals surface area contributed by atoms with Gasteiger partial charge < -0.3 is 4.42 Å². The van der Waals surface area contributed by atoms with Crippen LogP contribution in [0.2, 0.25) is 0 Å². The van der Waals surface area contributed by atoms with Crippen LogP contribution in [0.3, 0.4) is 0 Å². The molecule has 2 heterocycles. The molecule has 5 rings (SSSR count). The van der Waals surface area contributed by atoms with E-state index in [-0.39, 0.29) is 0 Å². The molecule has 0 saturated carbocycles. The van der Waals surface area contributed by atoms with E-state index in [4.69, 9.17) is 9.40 Å². The van der Waals surface area contributed by atoms with E-state index < -0.39 is 0 Å². The van der Waals surface area contributed by atoms with Crippen LogP contribution in [0, 0.1) is 27.7 Å². The van der Waals surface area contributed by atoms with Crippen molar-refractivity contribution in [2.24, 2.45) is 0 Å². The first-order valence-electron chi connectivity index (χ1n) is 9.34. The van der Waals surface area contributed by atoms with Gasteiger partial charge in [-0.05, 0) is 68.1 Å². The van der Waals surface area contributed by atoms with Gasteiger partial charge in [-0.2, -0.15) is 0 Å². The third-order valence-electron chi connectivity index (χ3n) is 5.95. The highest BCUT2D eigenvalue weighted by molar-refractivity contribution is 6.20. The van der Waals surface area contributed by atoms with Crippen LogP contribution in [0.25, 0.3) is 44.1 Å². The molecular formula is C25H21NO. The molecule has 3 aromatic carbocycles. The van der Waals surface area contributed by atoms with E-state index in [9.17, 15) is 0 Å². The molecule has 0 atom stereocenters. The summed E-state index contributed by atoms with van der Waals surface area (Å²) in [4.78, 5) is 5.05. The van der Waals surface area contributed by atoms with Crippen LogP contribution in [0.15, 0.2) is 59.0 Å². The molecule has 0 unspecified atom stereocenters. The van der Waals surface area contributed by atoms with Crippen LogP contribution in [-0.2, 0) is 0 Å². The fraction of sp³-hybridized carbons (Fsp3) is 0.160. The van der Waals surface area contributed by atoms with Gasteiger partial charge in [-0.3, -0.25) is 0 Å². The van der Waals surface area contributed by atoms with E-state index in [0.29, 0.717) is 0 Å². The van der Waals surface area contributed by atoms with Gasteiger partial charge in [0, 0.05) is 21.7 Å². The lowest BCUT2D eigenvalue weighted by atomic mass is 9.92. The van der Waals surface area contributed by atoms with E-state index in [0.717, 1.165) is 44.1 Å². The standard InChI is InChI=1S/C25H21NO/c1-14-13-20(17(4)16(3)15(14)2)24-25-23(18-9-5-7-11-21(18)26-24)19-10-6-8-12-22(19)27-25/h5-13H,1-4H3. The minimum absolute atomic E-state index is 0.876. The smallest absolute Gasteiger partial charge is 0.162 e. The van der Waals surface area contributed by atoms with Gasteiger partial charge in [0.2, 0.25) is 0 Å². The summed E-state index contributed by atoms with van der Waals surface area (Å²) in [6.45, 7) is 8.73. The molecule has 0 amide bonds. The van der Waals surface area contributed by atoms with Crippen molar-refractivity contribution in [2.75, 3.05) is 0 Å². The lowest BCUT2D eigenvalue weighted by Gasteiger charge is -2.15.